The van der Waals surface area contributed by atoms with Gasteiger partial charge in [0.1, 0.15) is 6.10 Å². The minimum atomic E-state index is -0.124. The Morgan fingerprint density at radius 1 is 1.21 bits per heavy atom. The lowest BCUT2D eigenvalue weighted by atomic mass is 10.1. The summed E-state index contributed by atoms with van der Waals surface area (Å²) in [6, 6.07) is 10.7. The fraction of sp³-hybridized carbons (Fsp3) is 0.350. The third-order valence-corrected chi connectivity index (χ3v) is 4.86. The minimum absolute atomic E-state index is 0.00695. The maximum Gasteiger partial charge on any atom is 0.261 e. The van der Waals surface area contributed by atoms with Crippen LogP contribution in [0.3, 0.4) is 0 Å². The highest BCUT2D eigenvalue weighted by Gasteiger charge is 2.25. The monoisotopic (exact) mass is 379 g/mol. The van der Waals surface area contributed by atoms with Crippen LogP contribution in [0.2, 0.25) is 0 Å². The predicted molar refractivity (Wildman–Crippen MR) is 103 cm³/mol. The van der Waals surface area contributed by atoms with E-state index in [4.69, 9.17) is 4.74 Å². The lowest BCUT2D eigenvalue weighted by Gasteiger charge is -2.32. The molecule has 0 radical (unpaired) electrons. The topological polar surface area (TPSA) is 90.2 Å². The highest BCUT2D eigenvalue weighted by Crippen LogP contribution is 2.17. The largest absolute Gasteiger partial charge is 0.471 e. The quantitative estimate of drug-likeness (QED) is 0.670. The zero-order valence-electron chi connectivity index (χ0n) is 15.4. The number of carbonyl (C=O) groups excluding carboxylic acids is 1. The number of likely N-dealkylation sites (tertiary alicyclic amines) is 1. The van der Waals surface area contributed by atoms with E-state index in [1.807, 2.05) is 12.1 Å². The number of aryl methyl sites for hydroxylation is 1. The van der Waals surface area contributed by atoms with Crippen LogP contribution in [0.5, 0.6) is 5.88 Å². The molecule has 1 aliphatic rings. The molecule has 1 atom stereocenters. The van der Waals surface area contributed by atoms with Gasteiger partial charge in [0.15, 0.2) is 0 Å². The van der Waals surface area contributed by atoms with Crippen LogP contribution in [0.25, 0.3) is 10.9 Å². The van der Waals surface area contributed by atoms with Crippen LogP contribution >= 0.6 is 0 Å². The number of hydrogen-bond donors (Lipinski definition) is 0. The second kappa shape index (κ2) is 8.16. The van der Waals surface area contributed by atoms with E-state index in [0.29, 0.717) is 36.4 Å². The Bertz CT molecular complexity index is 1020. The predicted octanol–water partition coefficient (Wildman–Crippen LogP) is 1.65. The molecule has 8 nitrogen and oxygen atoms in total. The van der Waals surface area contributed by atoms with Crippen LogP contribution in [0.4, 0.5) is 0 Å². The van der Waals surface area contributed by atoms with E-state index >= 15 is 0 Å². The maximum atomic E-state index is 12.7. The fourth-order valence-corrected chi connectivity index (χ4v) is 3.42. The third-order valence-electron chi connectivity index (χ3n) is 4.86. The van der Waals surface area contributed by atoms with Gasteiger partial charge in [0.2, 0.25) is 11.8 Å². The van der Waals surface area contributed by atoms with Gasteiger partial charge in [-0.3, -0.25) is 14.2 Å². The first kappa shape index (κ1) is 18.1. The fourth-order valence-electron chi connectivity index (χ4n) is 3.42. The van der Waals surface area contributed by atoms with E-state index in [0.717, 1.165) is 12.8 Å². The van der Waals surface area contributed by atoms with Crippen LogP contribution in [0.15, 0.2) is 53.7 Å². The number of para-hydroxylation sites is 1. The van der Waals surface area contributed by atoms with E-state index in [-0.39, 0.29) is 24.0 Å². The van der Waals surface area contributed by atoms with Crippen LogP contribution in [-0.2, 0) is 11.3 Å². The summed E-state index contributed by atoms with van der Waals surface area (Å²) in [5.41, 5.74) is 0.538. The summed E-state index contributed by atoms with van der Waals surface area (Å²) in [6.07, 6.45) is 4.99. The Hall–Kier alpha value is -3.29. The van der Waals surface area contributed by atoms with Crippen LogP contribution < -0.4 is 10.3 Å². The van der Waals surface area contributed by atoms with Gasteiger partial charge in [-0.05, 0) is 31.0 Å². The summed E-state index contributed by atoms with van der Waals surface area (Å²) < 4.78 is 7.33. The summed E-state index contributed by atoms with van der Waals surface area (Å²) in [5.74, 6) is 0.475. The van der Waals surface area contributed by atoms with Gasteiger partial charge in [0.25, 0.3) is 5.56 Å². The number of fused-ring (bicyclic) bond motifs is 1. The Kier molecular flexibility index (Phi) is 5.27. The van der Waals surface area contributed by atoms with Crippen LogP contribution in [0.1, 0.15) is 19.3 Å². The molecule has 4 rings (SSSR count). The lowest BCUT2D eigenvalue weighted by Crippen LogP contribution is -2.44. The van der Waals surface area contributed by atoms with E-state index in [2.05, 4.69) is 15.2 Å². The average Bonchev–Trinajstić information content (AvgIpc) is 2.74. The summed E-state index contributed by atoms with van der Waals surface area (Å²) in [4.78, 5) is 31.3. The molecular weight excluding hydrogens is 358 g/mol. The number of aromatic nitrogens is 4. The molecule has 8 heteroatoms. The molecule has 0 N–H and O–H groups in total. The molecule has 3 heterocycles. The second-order valence-corrected chi connectivity index (χ2v) is 6.79. The second-order valence-electron chi connectivity index (χ2n) is 6.79. The summed E-state index contributed by atoms with van der Waals surface area (Å²) >= 11 is 0. The van der Waals surface area contributed by atoms with E-state index < -0.39 is 0 Å². The van der Waals surface area contributed by atoms with Crippen molar-refractivity contribution in [2.24, 2.45) is 0 Å². The number of rotatable bonds is 5. The van der Waals surface area contributed by atoms with Crippen LogP contribution in [0, 0.1) is 0 Å². The smallest absolute Gasteiger partial charge is 0.261 e. The minimum Gasteiger partial charge on any atom is -0.471 e. The van der Waals surface area contributed by atoms with Crippen molar-refractivity contribution in [3.05, 3.63) is 59.3 Å². The van der Waals surface area contributed by atoms with Crippen molar-refractivity contribution in [1.82, 2.24) is 24.6 Å². The molecular formula is C20H21N5O3. The molecule has 0 unspecified atom stereocenters. The maximum absolute atomic E-state index is 12.7. The molecule has 1 saturated heterocycles. The standard InChI is InChI=1S/C20H21N5O3/c26-19(9-12-25-14-21-17-7-2-1-6-16(17)20(25)27)24-11-4-5-15(13-24)28-18-8-3-10-22-23-18/h1-3,6-8,10,14-15H,4-5,9,11-13H2/t15-/m0/s1. The number of nitrogens with zero attached hydrogens (tertiary/aromatic N) is 5. The third kappa shape index (κ3) is 4.00. The van der Waals surface area contributed by atoms with E-state index in [9.17, 15) is 9.59 Å². The molecule has 1 aromatic carbocycles. The molecule has 0 spiro atoms. The number of hydrogen-bond acceptors (Lipinski definition) is 6. The van der Waals surface area contributed by atoms with Gasteiger partial charge in [-0.25, -0.2) is 4.98 Å². The van der Waals surface area contributed by atoms with Crippen molar-refractivity contribution in [2.45, 2.75) is 31.9 Å². The number of ether oxygens (including phenoxy) is 1. The van der Waals surface area contributed by atoms with Gasteiger partial charge >= 0.3 is 0 Å². The lowest BCUT2D eigenvalue weighted by molar-refractivity contribution is -0.134. The number of piperidine rings is 1. The molecule has 0 aliphatic carbocycles. The highest BCUT2D eigenvalue weighted by molar-refractivity contribution is 5.77. The highest BCUT2D eigenvalue weighted by atomic mass is 16.5. The molecule has 3 aromatic rings. The van der Waals surface area contributed by atoms with Gasteiger partial charge in [0, 0.05) is 31.8 Å². The van der Waals surface area contributed by atoms with Crippen molar-refractivity contribution < 1.29 is 9.53 Å². The first-order chi connectivity index (χ1) is 13.7. The molecule has 28 heavy (non-hydrogen) atoms. The molecule has 0 bridgehead atoms. The normalized spacial score (nSPS) is 16.9. The van der Waals surface area contributed by atoms with Gasteiger partial charge in [-0.15, -0.1) is 5.10 Å². The van der Waals surface area contributed by atoms with Gasteiger partial charge in [-0.2, -0.15) is 5.10 Å². The molecule has 2 aromatic heterocycles. The summed E-state index contributed by atoms with van der Waals surface area (Å²) in [7, 11) is 0. The summed E-state index contributed by atoms with van der Waals surface area (Å²) in [6.45, 7) is 1.52. The van der Waals surface area contributed by atoms with Gasteiger partial charge in [-0.1, -0.05) is 12.1 Å². The Labute approximate surface area is 161 Å². The number of carbonyl (C=O) groups is 1. The number of benzene rings is 1. The SMILES string of the molecule is O=C(CCn1cnc2ccccc2c1=O)N1CCC[C@H](Oc2cccnn2)C1. The Morgan fingerprint density at radius 3 is 2.96 bits per heavy atom. The van der Waals surface area contributed by atoms with Crippen molar-refractivity contribution in [1.29, 1.82) is 0 Å². The zero-order valence-corrected chi connectivity index (χ0v) is 15.4. The molecule has 1 fully saturated rings. The first-order valence-electron chi connectivity index (χ1n) is 9.37. The van der Waals surface area contributed by atoms with E-state index in [1.165, 1.54) is 10.9 Å². The van der Waals surface area contributed by atoms with Crippen LogP contribution in [-0.4, -0.2) is 49.7 Å². The van der Waals surface area contributed by atoms with Crippen molar-refractivity contribution >= 4 is 16.8 Å². The molecule has 144 valence electrons. The van der Waals surface area contributed by atoms with E-state index in [1.54, 1.807) is 35.4 Å². The van der Waals surface area contributed by atoms with Gasteiger partial charge in [0.05, 0.1) is 23.8 Å². The zero-order chi connectivity index (χ0) is 19.3. The average molecular weight is 379 g/mol. The molecule has 1 amide bonds. The van der Waals surface area contributed by atoms with Crippen molar-refractivity contribution in [2.75, 3.05) is 13.1 Å². The van der Waals surface area contributed by atoms with Gasteiger partial charge < -0.3 is 9.64 Å². The first-order valence-corrected chi connectivity index (χ1v) is 9.37. The number of amides is 1. The Morgan fingerprint density at radius 2 is 2.11 bits per heavy atom. The molecule has 1 aliphatic heterocycles. The molecule has 0 saturated carbocycles. The van der Waals surface area contributed by atoms with Crippen molar-refractivity contribution in [3.63, 3.8) is 0 Å². The summed E-state index contributed by atoms with van der Waals surface area (Å²) in [5, 5.41) is 8.30. The van der Waals surface area contributed by atoms with Crippen molar-refractivity contribution in [3.8, 4) is 5.88 Å². The Balaban J connectivity index is 1.37.